The third-order valence-electron chi connectivity index (χ3n) is 6.64. The fourth-order valence-electron chi connectivity index (χ4n) is 4.57. The Hall–Kier alpha value is -2.93. The number of fused-ring (bicyclic) bond motifs is 1. The van der Waals surface area contributed by atoms with Crippen LogP contribution in [0.2, 0.25) is 0 Å². The SMILES string of the molecule is Cc1c(C[NH+]2CCN(C(=O)[C@H](C)O)CC2)sc2c(N3CCOCC3)nc(-c3cnc(N)nc3)nc12. The molecule has 3 aromatic heterocycles. The summed E-state index contributed by atoms with van der Waals surface area (Å²) in [5.41, 5.74) is 8.52. The number of aryl methyl sites for hydroxylation is 1. The van der Waals surface area contributed by atoms with Gasteiger partial charge in [-0.1, -0.05) is 0 Å². The van der Waals surface area contributed by atoms with Gasteiger partial charge >= 0.3 is 0 Å². The van der Waals surface area contributed by atoms with Crippen molar-refractivity contribution in [3.8, 4) is 11.4 Å². The molecule has 5 rings (SSSR count). The minimum absolute atomic E-state index is 0.188. The number of carbonyl (C=O) groups is 1. The van der Waals surface area contributed by atoms with Gasteiger partial charge in [0, 0.05) is 25.5 Å². The van der Waals surface area contributed by atoms with Crippen molar-refractivity contribution in [2.24, 2.45) is 0 Å². The van der Waals surface area contributed by atoms with E-state index in [-0.39, 0.29) is 11.9 Å². The average molecular weight is 500 g/mol. The Morgan fingerprint density at radius 1 is 1.20 bits per heavy atom. The van der Waals surface area contributed by atoms with Crippen LogP contribution in [-0.2, 0) is 16.1 Å². The van der Waals surface area contributed by atoms with Crippen LogP contribution in [0.3, 0.4) is 0 Å². The van der Waals surface area contributed by atoms with Gasteiger partial charge in [0.05, 0.1) is 60.1 Å². The molecule has 0 radical (unpaired) electrons. The van der Waals surface area contributed by atoms with Gasteiger partial charge in [-0.05, 0) is 19.4 Å². The van der Waals surface area contributed by atoms with Crippen LogP contribution in [0.15, 0.2) is 12.4 Å². The molecule has 2 fully saturated rings. The molecular formula is C23H31N8O3S+. The van der Waals surface area contributed by atoms with Crippen molar-refractivity contribution in [3.63, 3.8) is 0 Å². The van der Waals surface area contributed by atoms with E-state index in [0.29, 0.717) is 32.1 Å². The van der Waals surface area contributed by atoms with Crippen LogP contribution in [0.5, 0.6) is 0 Å². The van der Waals surface area contributed by atoms with E-state index in [9.17, 15) is 9.90 Å². The minimum atomic E-state index is -0.945. The maximum absolute atomic E-state index is 12.1. The monoisotopic (exact) mass is 499 g/mol. The minimum Gasteiger partial charge on any atom is -0.384 e. The highest BCUT2D eigenvalue weighted by Gasteiger charge is 2.28. The van der Waals surface area contributed by atoms with Crippen LogP contribution in [-0.4, -0.2) is 94.4 Å². The van der Waals surface area contributed by atoms with E-state index in [1.54, 1.807) is 28.6 Å². The lowest BCUT2D eigenvalue weighted by Gasteiger charge is -2.32. The summed E-state index contributed by atoms with van der Waals surface area (Å²) in [4.78, 5) is 37.0. The summed E-state index contributed by atoms with van der Waals surface area (Å²) in [5, 5.41) is 9.61. The predicted octanol–water partition coefficient (Wildman–Crippen LogP) is -0.517. The van der Waals surface area contributed by atoms with Gasteiger partial charge < -0.3 is 30.3 Å². The number of nitrogens with two attached hydrogens (primary N) is 1. The number of thiophene rings is 1. The number of aliphatic hydroxyl groups is 1. The first-order valence-electron chi connectivity index (χ1n) is 11.9. The second-order valence-corrected chi connectivity index (χ2v) is 10.2. The molecule has 3 aromatic rings. The number of carbonyl (C=O) groups excluding carboxylic acids is 1. The Balaban J connectivity index is 1.45. The maximum atomic E-state index is 12.1. The van der Waals surface area contributed by atoms with Crippen LogP contribution in [0, 0.1) is 6.92 Å². The van der Waals surface area contributed by atoms with Crippen molar-refractivity contribution < 1.29 is 19.5 Å². The number of nitrogens with zero attached hydrogens (tertiary/aromatic N) is 6. The zero-order valence-electron chi connectivity index (χ0n) is 20.0. The lowest BCUT2D eigenvalue weighted by molar-refractivity contribution is -0.917. The lowest BCUT2D eigenvalue weighted by atomic mass is 10.2. The van der Waals surface area contributed by atoms with Crippen LogP contribution in [0.4, 0.5) is 11.8 Å². The fraction of sp³-hybridized carbons (Fsp3) is 0.522. The summed E-state index contributed by atoms with van der Waals surface area (Å²) < 4.78 is 6.65. The Morgan fingerprint density at radius 3 is 2.54 bits per heavy atom. The molecule has 2 aliphatic rings. The van der Waals surface area contributed by atoms with Crippen LogP contribution in [0.1, 0.15) is 17.4 Å². The highest BCUT2D eigenvalue weighted by atomic mass is 32.1. The zero-order chi connectivity index (χ0) is 24.5. The molecule has 186 valence electrons. The van der Waals surface area contributed by atoms with Gasteiger partial charge in [-0.25, -0.2) is 19.9 Å². The first-order valence-corrected chi connectivity index (χ1v) is 12.7. The number of nitrogen functional groups attached to an aromatic ring is 1. The van der Waals surface area contributed by atoms with Gasteiger partial charge in [0.15, 0.2) is 11.6 Å². The largest absolute Gasteiger partial charge is 0.384 e. The van der Waals surface area contributed by atoms with Gasteiger partial charge in [0.25, 0.3) is 5.91 Å². The molecule has 0 saturated carbocycles. The molecule has 0 aliphatic carbocycles. The Morgan fingerprint density at radius 2 is 1.89 bits per heavy atom. The van der Waals surface area contributed by atoms with E-state index < -0.39 is 6.10 Å². The van der Waals surface area contributed by atoms with Crippen molar-refractivity contribution in [1.29, 1.82) is 0 Å². The fourth-order valence-corrected chi connectivity index (χ4v) is 5.90. The third-order valence-corrected chi connectivity index (χ3v) is 7.91. The molecule has 2 saturated heterocycles. The molecule has 0 aromatic carbocycles. The molecular weight excluding hydrogens is 468 g/mol. The Labute approximate surface area is 207 Å². The Bertz CT molecular complexity index is 1200. The number of rotatable bonds is 5. The summed E-state index contributed by atoms with van der Waals surface area (Å²) in [6.07, 6.45) is 2.38. The second-order valence-electron chi connectivity index (χ2n) is 9.06. The number of morpholine rings is 1. The molecule has 5 heterocycles. The van der Waals surface area contributed by atoms with E-state index >= 15 is 0 Å². The predicted molar refractivity (Wildman–Crippen MR) is 133 cm³/mol. The first-order chi connectivity index (χ1) is 16.9. The van der Waals surface area contributed by atoms with Gasteiger partial charge in [-0.3, -0.25) is 4.79 Å². The average Bonchev–Trinajstić information content (AvgIpc) is 3.19. The summed E-state index contributed by atoms with van der Waals surface area (Å²) >= 11 is 1.76. The molecule has 0 spiro atoms. The van der Waals surface area contributed by atoms with Gasteiger partial charge in [-0.2, -0.15) is 0 Å². The molecule has 0 unspecified atom stereocenters. The molecule has 2 aliphatic heterocycles. The topological polar surface area (TPSA) is 135 Å². The quantitative estimate of drug-likeness (QED) is 0.424. The highest BCUT2D eigenvalue weighted by Crippen LogP contribution is 2.37. The maximum Gasteiger partial charge on any atom is 0.251 e. The van der Waals surface area contributed by atoms with E-state index in [1.165, 1.54) is 16.7 Å². The van der Waals surface area contributed by atoms with E-state index in [4.69, 9.17) is 20.4 Å². The van der Waals surface area contributed by atoms with Crippen LogP contribution >= 0.6 is 11.3 Å². The molecule has 4 N–H and O–H groups in total. The second kappa shape index (κ2) is 9.97. The Kier molecular flexibility index (Phi) is 6.78. The highest BCUT2D eigenvalue weighted by molar-refractivity contribution is 7.19. The number of hydrogen-bond acceptors (Lipinski definition) is 10. The van der Waals surface area contributed by atoms with Gasteiger partial charge in [0.2, 0.25) is 5.95 Å². The van der Waals surface area contributed by atoms with Crippen molar-refractivity contribution in [2.45, 2.75) is 26.5 Å². The number of piperazine rings is 1. The van der Waals surface area contributed by atoms with Crippen molar-refractivity contribution >= 4 is 39.2 Å². The number of amides is 1. The van der Waals surface area contributed by atoms with E-state index in [2.05, 4.69) is 21.8 Å². The number of hydrogen-bond donors (Lipinski definition) is 3. The number of aromatic nitrogens is 4. The molecule has 35 heavy (non-hydrogen) atoms. The summed E-state index contributed by atoms with van der Waals surface area (Å²) in [7, 11) is 0. The van der Waals surface area contributed by atoms with Crippen molar-refractivity contribution in [2.75, 3.05) is 63.1 Å². The summed E-state index contributed by atoms with van der Waals surface area (Å²) in [5.74, 6) is 1.54. The standard InChI is InChI=1S/C23H30N8O3S/c1-14-17(13-29-3-5-31(6-4-29)22(33)15(2)32)35-19-18(14)27-20(16-11-25-23(24)26-12-16)28-21(19)30-7-9-34-10-8-30/h11-12,15,32H,3-10,13H2,1-2H3,(H2,24,25,26)/p+1/t15-/m0/s1. The van der Waals surface area contributed by atoms with E-state index in [0.717, 1.165) is 59.9 Å². The van der Waals surface area contributed by atoms with Crippen LogP contribution < -0.4 is 15.5 Å². The molecule has 1 amide bonds. The molecule has 1 atom stereocenters. The van der Waals surface area contributed by atoms with E-state index in [1.807, 2.05) is 0 Å². The molecule has 12 heteroatoms. The number of aliphatic hydroxyl groups excluding tert-OH is 1. The number of ether oxygens (including phenoxy) is 1. The molecule has 0 bridgehead atoms. The van der Waals surface area contributed by atoms with Crippen LogP contribution in [0.25, 0.3) is 21.6 Å². The van der Waals surface area contributed by atoms with Crippen molar-refractivity contribution in [1.82, 2.24) is 24.8 Å². The van der Waals surface area contributed by atoms with Gasteiger partial charge in [-0.15, -0.1) is 11.3 Å². The molecule has 11 nitrogen and oxygen atoms in total. The smallest absolute Gasteiger partial charge is 0.251 e. The summed E-state index contributed by atoms with van der Waals surface area (Å²) in [6.45, 7) is 10.4. The third kappa shape index (κ3) is 4.92. The number of quaternary nitrogens is 1. The normalized spacial score (nSPS) is 18.3. The van der Waals surface area contributed by atoms with Gasteiger partial charge in [0.1, 0.15) is 12.6 Å². The zero-order valence-corrected chi connectivity index (χ0v) is 20.8. The lowest BCUT2D eigenvalue weighted by Crippen LogP contribution is -3.13. The van der Waals surface area contributed by atoms with Crippen molar-refractivity contribution in [3.05, 3.63) is 22.8 Å². The number of nitrogens with one attached hydrogen (secondary N) is 1. The summed E-state index contributed by atoms with van der Waals surface area (Å²) in [6, 6.07) is 0. The first kappa shape index (κ1) is 23.8. The number of anilines is 2.